The van der Waals surface area contributed by atoms with E-state index in [-0.39, 0.29) is 31.4 Å². The fourth-order valence-corrected chi connectivity index (χ4v) is 3.65. The zero-order valence-corrected chi connectivity index (χ0v) is 19.2. The summed E-state index contributed by atoms with van der Waals surface area (Å²) in [6.07, 6.45) is -0.588. The molecule has 0 saturated carbocycles. The summed E-state index contributed by atoms with van der Waals surface area (Å²) in [5.74, 6) is 1.42. The number of nitrogens with zero attached hydrogens (tertiary/aromatic N) is 2. The normalized spacial score (nSPS) is 15.1. The summed E-state index contributed by atoms with van der Waals surface area (Å²) in [5, 5.41) is 11.3. The van der Waals surface area contributed by atoms with E-state index < -0.39 is 6.10 Å². The number of piperazine rings is 1. The Kier molecular flexibility index (Phi) is 11.3. The SMILES string of the molecule is COc1ccccc1N1CCN(CC(O)COc2ccc(Cl)cc2Cl)CC1.Cl.Cl. The van der Waals surface area contributed by atoms with E-state index in [2.05, 4.69) is 15.9 Å². The number of aliphatic hydroxyl groups excluding tert-OH is 1. The van der Waals surface area contributed by atoms with E-state index in [1.165, 1.54) is 0 Å². The van der Waals surface area contributed by atoms with Crippen molar-refractivity contribution in [1.82, 2.24) is 4.90 Å². The summed E-state index contributed by atoms with van der Waals surface area (Å²) >= 11 is 12.0. The maximum Gasteiger partial charge on any atom is 0.142 e. The minimum absolute atomic E-state index is 0. The molecule has 2 aromatic carbocycles. The van der Waals surface area contributed by atoms with Crippen molar-refractivity contribution in [3.05, 3.63) is 52.5 Å². The van der Waals surface area contributed by atoms with E-state index in [1.807, 2.05) is 18.2 Å². The van der Waals surface area contributed by atoms with Crippen molar-refractivity contribution in [2.45, 2.75) is 6.10 Å². The molecule has 162 valence electrons. The Morgan fingerprint density at radius 1 is 1.00 bits per heavy atom. The number of halogens is 4. The maximum absolute atomic E-state index is 10.3. The Bertz CT molecular complexity index is 758. The van der Waals surface area contributed by atoms with Crippen molar-refractivity contribution in [2.24, 2.45) is 0 Å². The summed E-state index contributed by atoms with van der Waals surface area (Å²) in [4.78, 5) is 4.55. The quantitative estimate of drug-likeness (QED) is 0.631. The highest BCUT2D eigenvalue weighted by Gasteiger charge is 2.21. The Labute approximate surface area is 194 Å². The molecule has 0 spiro atoms. The van der Waals surface area contributed by atoms with E-state index in [0.29, 0.717) is 22.3 Å². The monoisotopic (exact) mass is 482 g/mol. The molecule has 3 rings (SSSR count). The second kappa shape index (κ2) is 12.6. The number of benzene rings is 2. The Morgan fingerprint density at radius 3 is 2.34 bits per heavy atom. The van der Waals surface area contributed by atoms with Crippen LogP contribution < -0.4 is 14.4 Å². The van der Waals surface area contributed by atoms with Crippen molar-refractivity contribution in [3.8, 4) is 11.5 Å². The van der Waals surface area contributed by atoms with Crippen LogP contribution in [0.3, 0.4) is 0 Å². The third kappa shape index (κ3) is 7.28. The number of rotatable bonds is 7. The molecule has 5 nitrogen and oxygen atoms in total. The van der Waals surface area contributed by atoms with Gasteiger partial charge in [0.2, 0.25) is 0 Å². The van der Waals surface area contributed by atoms with Crippen LogP contribution in [0.25, 0.3) is 0 Å². The number of hydrogen-bond donors (Lipinski definition) is 1. The van der Waals surface area contributed by atoms with Gasteiger partial charge in [-0.25, -0.2) is 0 Å². The molecule has 1 heterocycles. The van der Waals surface area contributed by atoms with Gasteiger partial charge in [0.15, 0.2) is 0 Å². The summed E-state index contributed by atoms with van der Waals surface area (Å²) in [6.45, 7) is 4.26. The number of methoxy groups -OCH3 is 1. The standard InChI is InChI=1S/C20H24Cl2N2O3.2ClH/c1-26-20-5-3-2-4-18(20)24-10-8-23(9-11-24)13-16(25)14-27-19-7-6-15(21)12-17(19)22;;/h2-7,12,16,25H,8-11,13-14H2,1H3;2*1H. The molecular formula is C20H26Cl4N2O3. The second-order valence-corrected chi connectivity index (χ2v) is 7.34. The van der Waals surface area contributed by atoms with E-state index in [9.17, 15) is 5.11 Å². The highest BCUT2D eigenvalue weighted by molar-refractivity contribution is 6.35. The average molecular weight is 484 g/mol. The molecule has 0 amide bonds. The van der Waals surface area contributed by atoms with E-state index in [1.54, 1.807) is 25.3 Å². The van der Waals surface area contributed by atoms with Crippen LogP contribution in [0.2, 0.25) is 10.0 Å². The van der Waals surface area contributed by atoms with Gasteiger partial charge in [-0.1, -0.05) is 35.3 Å². The van der Waals surface area contributed by atoms with Gasteiger partial charge in [-0.05, 0) is 30.3 Å². The topological polar surface area (TPSA) is 45.2 Å². The van der Waals surface area contributed by atoms with Crippen LogP contribution >= 0.6 is 48.0 Å². The summed E-state index contributed by atoms with van der Waals surface area (Å²) in [6, 6.07) is 13.1. The molecule has 9 heteroatoms. The maximum atomic E-state index is 10.3. The van der Waals surface area contributed by atoms with Gasteiger partial charge < -0.3 is 19.5 Å². The molecule has 1 N–H and O–H groups in total. The summed E-state index contributed by atoms with van der Waals surface area (Å²) in [5.41, 5.74) is 1.11. The number of ether oxygens (including phenoxy) is 2. The van der Waals surface area contributed by atoms with Crippen LogP contribution in [0.4, 0.5) is 5.69 Å². The van der Waals surface area contributed by atoms with Gasteiger partial charge in [-0.3, -0.25) is 4.90 Å². The second-order valence-electron chi connectivity index (χ2n) is 6.50. The molecule has 1 aliphatic rings. The lowest BCUT2D eigenvalue weighted by Crippen LogP contribution is -2.49. The molecule has 0 bridgehead atoms. The van der Waals surface area contributed by atoms with Crippen molar-refractivity contribution < 1.29 is 14.6 Å². The average Bonchev–Trinajstić information content (AvgIpc) is 2.68. The first-order chi connectivity index (χ1) is 13.1. The fraction of sp³-hybridized carbons (Fsp3) is 0.400. The molecule has 1 saturated heterocycles. The van der Waals surface area contributed by atoms with Crippen molar-refractivity contribution in [1.29, 1.82) is 0 Å². The minimum Gasteiger partial charge on any atom is -0.495 e. The number of aliphatic hydroxyl groups is 1. The number of para-hydroxylation sites is 2. The number of anilines is 1. The Morgan fingerprint density at radius 2 is 1.69 bits per heavy atom. The molecule has 1 fully saturated rings. The van der Waals surface area contributed by atoms with Gasteiger partial charge in [0, 0.05) is 37.7 Å². The van der Waals surface area contributed by atoms with Crippen molar-refractivity contribution in [3.63, 3.8) is 0 Å². The molecule has 1 atom stereocenters. The lowest BCUT2D eigenvalue weighted by atomic mass is 10.2. The third-order valence-corrected chi connectivity index (χ3v) is 5.12. The molecule has 0 aromatic heterocycles. The van der Waals surface area contributed by atoms with Gasteiger partial charge in [-0.15, -0.1) is 24.8 Å². The number of β-amino-alcohol motifs (C(OH)–C–C–N with tert-alkyl or cyclic N) is 1. The predicted octanol–water partition coefficient (Wildman–Crippen LogP) is 4.41. The molecule has 29 heavy (non-hydrogen) atoms. The first-order valence-corrected chi connectivity index (χ1v) is 9.68. The predicted molar refractivity (Wildman–Crippen MR) is 124 cm³/mol. The van der Waals surface area contributed by atoms with Gasteiger partial charge in [-0.2, -0.15) is 0 Å². The number of hydrogen-bond acceptors (Lipinski definition) is 5. The zero-order chi connectivity index (χ0) is 19.2. The van der Waals surface area contributed by atoms with Crippen LogP contribution in [0.15, 0.2) is 42.5 Å². The van der Waals surface area contributed by atoms with Gasteiger partial charge >= 0.3 is 0 Å². The molecular weight excluding hydrogens is 458 g/mol. The van der Waals surface area contributed by atoms with Crippen LogP contribution in [0, 0.1) is 0 Å². The molecule has 0 radical (unpaired) electrons. The van der Waals surface area contributed by atoms with Crippen molar-refractivity contribution >= 4 is 53.7 Å². The van der Waals surface area contributed by atoms with Gasteiger partial charge in [0.05, 0.1) is 17.8 Å². The molecule has 1 unspecified atom stereocenters. The Hall–Kier alpha value is -1.08. The summed E-state index contributed by atoms with van der Waals surface area (Å²) in [7, 11) is 1.69. The highest BCUT2D eigenvalue weighted by atomic mass is 35.5. The molecule has 1 aliphatic heterocycles. The molecule has 2 aromatic rings. The van der Waals surface area contributed by atoms with E-state index >= 15 is 0 Å². The van der Waals surface area contributed by atoms with Crippen LogP contribution in [0.5, 0.6) is 11.5 Å². The van der Waals surface area contributed by atoms with Gasteiger partial charge in [0.25, 0.3) is 0 Å². The van der Waals surface area contributed by atoms with E-state index in [4.69, 9.17) is 32.7 Å². The fourth-order valence-electron chi connectivity index (χ4n) is 3.19. The van der Waals surface area contributed by atoms with Crippen molar-refractivity contribution in [2.75, 3.05) is 51.3 Å². The smallest absolute Gasteiger partial charge is 0.142 e. The molecule has 0 aliphatic carbocycles. The zero-order valence-electron chi connectivity index (χ0n) is 16.1. The van der Waals surface area contributed by atoms with Crippen LogP contribution in [0.1, 0.15) is 0 Å². The first kappa shape index (κ1) is 26.0. The lowest BCUT2D eigenvalue weighted by molar-refractivity contribution is 0.0663. The lowest BCUT2D eigenvalue weighted by Gasteiger charge is -2.37. The largest absolute Gasteiger partial charge is 0.495 e. The van der Waals surface area contributed by atoms with E-state index in [0.717, 1.165) is 37.6 Å². The summed E-state index contributed by atoms with van der Waals surface area (Å²) < 4.78 is 11.1. The van der Waals surface area contributed by atoms with Crippen LogP contribution in [-0.2, 0) is 0 Å². The van der Waals surface area contributed by atoms with Crippen LogP contribution in [-0.4, -0.2) is 62.6 Å². The first-order valence-electron chi connectivity index (χ1n) is 8.93. The highest BCUT2D eigenvalue weighted by Crippen LogP contribution is 2.29. The Balaban J connectivity index is 0.00000210. The van der Waals surface area contributed by atoms with Gasteiger partial charge in [0.1, 0.15) is 24.2 Å². The third-order valence-electron chi connectivity index (χ3n) is 4.59. The minimum atomic E-state index is -0.588.